The Labute approximate surface area is 211 Å². The van der Waals surface area contributed by atoms with Gasteiger partial charge < -0.3 is 19.5 Å². The van der Waals surface area contributed by atoms with Crippen molar-refractivity contribution in [2.75, 3.05) is 20.2 Å². The van der Waals surface area contributed by atoms with E-state index in [9.17, 15) is 9.59 Å². The molecule has 1 saturated heterocycles. The standard InChI is InChI=1S/C30H31N3O3/c1-36-28-14-8-6-12-24(28)20-30(35)32-17-15-25(16-18-32)31-29(34)21-33-26-13-7-5-11-23(26)19-27(33)22-9-3-2-4-10-22/h2-14,19,25H,15-18,20-21H2,1H3,(H,31,34). The number of fused-ring (bicyclic) bond motifs is 1. The van der Waals surface area contributed by atoms with Gasteiger partial charge in [0, 0.05) is 41.3 Å². The Hall–Kier alpha value is -4.06. The Morgan fingerprint density at radius 3 is 2.39 bits per heavy atom. The molecule has 0 saturated carbocycles. The van der Waals surface area contributed by atoms with Crippen molar-refractivity contribution in [2.24, 2.45) is 0 Å². The van der Waals surface area contributed by atoms with Crippen molar-refractivity contribution in [3.05, 3.63) is 90.5 Å². The second-order valence-electron chi connectivity index (χ2n) is 9.25. The maximum atomic E-state index is 13.1. The van der Waals surface area contributed by atoms with E-state index in [1.54, 1.807) is 7.11 Å². The van der Waals surface area contributed by atoms with Crippen LogP contribution < -0.4 is 10.1 Å². The number of hydrogen-bond donors (Lipinski definition) is 1. The molecule has 1 aromatic heterocycles. The first kappa shape index (κ1) is 23.7. The third kappa shape index (κ3) is 5.13. The second kappa shape index (κ2) is 10.7. The number of methoxy groups -OCH3 is 1. The van der Waals surface area contributed by atoms with E-state index in [0.29, 0.717) is 19.5 Å². The molecule has 4 aromatic rings. The fraction of sp³-hybridized carbons (Fsp3) is 0.267. The highest BCUT2D eigenvalue weighted by atomic mass is 16.5. The summed E-state index contributed by atoms with van der Waals surface area (Å²) in [5, 5.41) is 4.33. The Morgan fingerprint density at radius 2 is 1.61 bits per heavy atom. The van der Waals surface area contributed by atoms with Crippen LogP contribution in [0.25, 0.3) is 22.2 Å². The monoisotopic (exact) mass is 481 g/mol. The maximum Gasteiger partial charge on any atom is 0.240 e. The molecule has 5 rings (SSSR count). The van der Waals surface area contributed by atoms with E-state index in [4.69, 9.17) is 4.74 Å². The van der Waals surface area contributed by atoms with Crippen LogP contribution in [0, 0.1) is 0 Å². The third-order valence-electron chi connectivity index (χ3n) is 6.93. The first-order valence-corrected chi connectivity index (χ1v) is 12.4. The third-order valence-corrected chi connectivity index (χ3v) is 6.93. The number of carbonyl (C=O) groups excluding carboxylic acids is 2. The van der Waals surface area contributed by atoms with E-state index < -0.39 is 0 Å². The van der Waals surface area contributed by atoms with Crippen LogP contribution in [-0.2, 0) is 22.6 Å². The second-order valence-corrected chi connectivity index (χ2v) is 9.25. The molecule has 1 fully saturated rings. The van der Waals surface area contributed by atoms with Gasteiger partial charge in [-0.1, -0.05) is 66.7 Å². The van der Waals surface area contributed by atoms with E-state index in [0.717, 1.165) is 46.3 Å². The number of piperidine rings is 1. The van der Waals surface area contributed by atoms with Gasteiger partial charge in [-0.2, -0.15) is 0 Å². The molecule has 2 amide bonds. The zero-order chi connectivity index (χ0) is 24.9. The predicted octanol–water partition coefficient (Wildman–Crippen LogP) is 4.67. The molecule has 0 atom stereocenters. The van der Waals surface area contributed by atoms with Crippen LogP contribution in [0.5, 0.6) is 5.75 Å². The number of rotatable bonds is 7. The minimum absolute atomic E-state index is 0.00710. The largest absolute Gasteiger partial charge is 0.496 e. The zero-order valence-electron chi connectivity index (χ0n) is 20.5. The number of para-hydroxylation sites is 2. The lowest BCUT2D eigenvalue weighted by Crippen LogP contribution is -2.47. The summed E-state index contributed by atoms with van der Waals surface area (Å²) in [6, 6.07) is 28.2. The lowest BCUT2D eigenvalue weighted by atomic mass is 10.0. The fourth-order valence-corrected chi connectivity index (χ4v) is 5.04. The zero-order valence-corrected chi connectivity index (χ0v) is 20.5. The van der Waals surface area contributed by atoms with Gasteiger partial charge in [-0.15, -0.1) is 0 Å². The predicted molar refractivity (Wildman–Crippen MR) is 142 cm³/mol. The minimum atomic E-state index is -0.00710. The Bertz CT molecular complexity index is 1350. The minimum Gasteiger partial charge on any atom is -0.496 e. The number of carbonyl (C=O) groups is 2. The summed E-state index contributed by atoms with van der Waals surface area (Å²) >= 11 is 0. The van der Waals surface area contributed by atoms with Gasteiger partial charge in [0.1, 0.15) is 12.3 Å². The van der Waals surface area contributed by atoms with Gasteiger partial charge in [-0.3, -0.25) is 9.59 Å². The number of nitrogens with one attached hydrogen (secondary N) is 1. The van der Waals surface area contributed by atoms with Crippen LogP contribution in [0.15, 0.2) is 84.9 Å². The molecule has 1 N–H and O–H groups in total. The molecule has 36 heavy (non-hydrogen) atoms. The molecule has 184 valence electrons. The van der Waals surface area contributed by atoms with Gasteiger partial charge in [0.05, 0.1) is 13.5 Å². The number of hydrogen-bond acceptors (Lipinski definition) is 3. The van der Waals surface area contributed by atoms with Crippen molar-refractivity contribution in [1.82, 2.24) is 14.8 Å². The van der Waals surface area contributed by atoms with Crippen LogP contribution in [0.4, 0.5) is 0 Å². The first-order valence-electron chi connectivity index (χ1n) is 12.4. The van der Waals surface area contributed by atoms with Gasteiger partial charge in [0.15, 0.2) is 0 Å². The molecule has 3 aromatic carbocycles. The smallest absolute Gasteiger partial charge is 0.240 e. The molecule has 1 aliphatic rings. The number of likely N-dealkylation sites (tertiary alicyclic amines) is 1. The summed E-state index contributed by atoms with van der Waals surface area (Å²) in [7, 11) is 1.62. The lowest BCUT2D eigenvalue weighted by Gasteiger charge is -2.32. The van der Waals surface area contributed by atoms with Crippen molar-refractivity contribution in [1.29, 1.82) is 0 Å². The topological polar surface area (TPSA) is 63.6 Å². The summed E-state index contributed by atoms with van der Waals surface area (Å²) < 4.78 is 7.47. The highest BCUT2D eigenvalue weighted by Crippen LogP contribution is 2.28. The highest BCUT2D eigenvalue weighted by Gasteiger charge is 2.25. The van der Waals surface area contributed by atoms with E-state index in [-0.39, 0.29) is 24.4 Å². The average molecular weight is 482 g/mol. The van der Waals surface area contributed by atoms with E-state index in [1.807, 2.05) is 59.5 Å². The number of benzene rings is 3. The van der Waals surface area contributed by atoms with Crippen LogP contribution >= 0.6 is 0 Å². The van der Waals surface area contributed by atoms with Crippen molar-refractivity contribution in [2.45, 2.75) is 31.8 Å². The summed E-state index contributed by atoms with van der Waals surface area (Å²) in [5.41, 5.74) is 4.06. The van der Waals surface area contributed by atoms with Crippen LogP contribution in [0.1, 0.15) is 18.4 Å². The van der Waals surface area contributed by atoms with Crippen molar-refractivity contribution >= 4 is 22.7 Å². The SMILES string of the molecule is COc1ccccc1CC(=O)N1CCC(NC(=O)Cn2c(-c3ccccc3)cc3ccccc32)CC1. The molecule has 0 radical (unpaired) electrons. The van der Waals surface area contributed by atoms with Crippen molar-refractivity contribution < 1.29 is 14.3 Å². The number of ether oxygens (including phenoxy) is 1. The summed E-state index contributed by atoms with van der Waals surface area (Å²) in [5.74, 6) is 0.823. The van der Waals surface area contributed by atoms with Crippen molar-refractivity contribution in [3.63, 3.8) is 0 Å². The average Bonchev–Trinajstić information content (AvgIpc) is 3.28. The van der Waals surface area contributed by atoms with Gasteiger partial charge in [0.2, 0.25) is 11.8 Å². The summed E-state index contributed by atoms with van der Waals surface area (Å²) in [4.78, 5) is 27.9. The van der Waals surface area contributed by atoms with E-state index >= 15 is 0 Å². The summed E-state index contributed by atoms with van der Waals surface area (Å²) in [6.45, 7) is 1.53. The van der Waals surface area contributed by atoms with Crippen molar-refractivity contribution in [3.8, 4) is 17.0 Å². The van der Waals surface area contributed by atoms with Crippen LogP contribution in [0.2, 0.25) is 0 Å². The van der Waals surface area contributed by atoms with Gasteiger partial charge in [0.25, 0.3) is 0 Å². The molecule has 1 aliphatic heterocycles. The van der Waals surface area contributed by atoms with E-state index in [1.165, 1.54) is 0 Å². The summed E-state index contributed by atoms with van der Waals surface area (Å²) in [6.07, 6.45) is 1.83. The number of nitrogens with zero attached hydrogens (tertiary/aromatic N) is 2. The Kier molecular flexibility index (Phi) is 7.03. The fourth-order valence-electron chi connectivity index (χ4n) is 5.04. The molecule has 0 bridgehead atoms. The molecule has 6 nitrogen and oxygen atoms in total. The van der Waals surface area contributed by atoms with Crippen LogP contribution in [0.3, 0.4) is 0 Å². The van der Waals surface area contributed by atoms with Crippen LogP contribution in [-0.4, -0.2) is 47.5 Å². The quantitative estimate of drug-likeness (QED) is 0.417. The van der Waals surface area contributed by atoms with Gasteiger partial charge >= 0.3 is 0 Å². The molecule has 0 unspecified atom stereocenters. The molecular formula is C30H31N3O3. The molecule has 2 heterocycles. The highest BCUT2D eigenvalue weighted by molar-refractivity contribution is 5.89. The maximum absolute atomic E-state index is 13.1. The number of aromatic nitrogens is 1. The lowest BCUT2D eigenvalue weighted by molar-refractivity contribution is -0.131. The normalized spacial score (nSPS) is 14.1. The first-order chi connectivity index (χ1) is 17.6. The van der Waals surface area contributed by atoms with E-state index in [2.05, 4.69) is 40.2 Å². The van der Waals surface area contributed by atoms with Gasteiger partial charge in [-0.25, -0.2) is 0 Å². The number of amides is 2. The Balaban J connectivity index is 1.21. The molecular weight excluding hydrogens is 450 g/mol. The van der Waals surface area contributed by atoms with Gasteiger partial charge in [-0.05, 0) is 36.6 Å². The molecule has 0 spiro atoms. The molecule has 6 heteroatoms. The molecule has 0 aliphatic carbocycles. The Morgan fingerprint density at radius 1 is 0.917 bits per heavy atom.